The quantitative estimate of drug-likeness (QED) is 0.267. The van der Waals surface area contributed by atoms with Crippen LogP contribution in [0.25, 0.3) is 0 Å². The van der Waals surface area contributed by atoms with Gasteiger partial charge in [-0.3, -0.25) is 4.90 Å². The summed E-state index contributed by atoms with van der Waals surface area (Å²) in [5.74, 6) is 0.168. The number of nitrogens with zero attached hydrogens (tertiary/aromatic N) is 1. The molecule has 1 aromatic carbocycles. The van der Waals surface area contributed by atoms with Crippen molar-refractivity contribution < 1.29 is 20.1 Å². The number of carbonyl (C=O) groups is 1. The zero-order valence-corrected chi connectivity index (χ0v) is 17.7. The summed E-state index contributed by atoms with van der Waals surface area (Å²) < 4.78 is 0. The number of likely N-dealkylation sites (tertiary alicyclic amines) is 1. The maximum atomic E-state index is 10.5. The predicted molar refractivity (Wildman–Crippen MR) is 119 cm³/mol. The molecule has 0 aromatic heterocycles. The summed E-state index contributed by atoms with van der Waals surface area (Å²) in [5.41, 5.74) is 7.38. The maximum Gasteiger partial charge on any atom is 0.139 e. The number of aromatic hydroxyl groups is 1. The topological polar surface area (TPSA) is 119 Å². The Kier molecular flexibility index (Phi) is 15.5. The fourth-order valence-electron chi connectivity index (χ4n) is 2.72. The molecule has 0 atom stereocenters. The lowest BCUT2D eigenvalue weighted by Gasteiger charge is -2.32. The van der Waals surface area contributed by atoms with Gasteiger partial charge in [-0.15, -0.1) is 6.58 Å². The van der Waals surface area contributed by atoms with Gasteiger partial charge in [-0.05, 0) is 32.8 Å². The number of phenolic OH excluding ortho intramolecular Hbond substituents is 1. The number of anilines is 1. The number of aliphatic hydroxyl groups excluding tert-OH is 2. The van der Waals surface area contributed by atoms with Gasteiger partial charge in [0, 0.05) is 31.2 Å². The van der Waals surface area contributed by atoms with Crippen molar-refractivity contribution in [3.63, 3.8) is 0 Å². The van der Waals surface area contributed by atoms with E-state index in [-0.39, 0.29) is 25.0 Å². The average Bonchev–Trinajstić information content (AvgIpc) is 2.72. The SMILES string of the molecule is C/C(=C\CN)CO.C=CC.O=CCN1CCC(Nc2c(O)cccc2CO)CC1. The number of phenols is 1. The summed E-state index contributed by atoms with van der Waals surface area (Å²) in [4.78, 5) is 12.6. The lowest BCUT2D eigenvalue weighted by molar-refractivity contribution is -0.109. The van der Waals surface area contributed by atoms with E-state index < -0.39 is 0 Å². The van der Waals surface area contributed by atoms with Crippen molar-refractivity contribution in [3.05, 3.63) is 48.1 Å². The Morgan fingerprint density at radius 1 is 1.34 bits per heavy atom. The smallest absolute Gasteiger partial charge is 0.139 e. The molecule has 1 aromatic rings. The standard InChI is InChI=1S/C14H20N2O3.C5H11NO.C3H6/c17-9-8-16-6-4-12(5-7-16)15-14-11(10-18)2-1-3-13(14)19;1-5(4-7)2-3-6;1-3-2/h1-3,9,12,15,18-19H,4-8,10H2;2,7H,3-4,6H2,1H3;3H,1H2,2H3/b;5-2+;. The van der Waals surface area contributed by atoms with E-state index in [1.807, 2.05) is 13.8 Å². The van der Waals surface area contributed by atoms with Crippen LogP contribution in [0, 0.1) is 0 Å². The van der Waals surface area contributed by atoms with Crippen molar-refractivity contribution in [1.29, 1.82) is 0 Å². The Morgan fingerprint density at radius 3 is 2.41 bits per heavy atom. The molecule has 1 aliphatic rings. The highest BCUT2D eigenvalue weighted by Crippen LogP contribution is 2.29. The molecule has 0 amide bonds. The van der Waals surface area contributed by atoms with Gasteiger partial charge < -0.3 is 31.2 Å². The van der Waals surface area contributed by atoms with E-state index in [4.69, 9.17) is 10.8 Å². The second-order valence-electron chi connectivity index (χ2n) is 6.71. The molecule has 1 heterocycles. The van der Waals surface area contributed by atoms with E-state index in [0.29, 0.717) is 24.3 Å². The maximum absolute atomic E-state index is 10.5. The summed E-state index contributed by atoms with van der Waals surface area (Å²) >= 11 is 0. The fourth-order valence-corrected chi connectivity index (χ4v) is 2.72. The number of benzene rings is 1. The number of rotatable bonds is 7. The molecule has 0 unspecified atom stereocenters. The minimum absolute atomic E-state index is 0.0965. The van der Waals surface area contributed by atoms with Gasteiger partial charge in [-0.1, -0.05) is 29.9 Å². The van der Waals surface area contributed by atoms with Crippen molar-refractivity contribution in [1.82, 2.24) is 4.90 Å². The first-order valence-corrected chi connectivity index (χ1v) is 9.85. The van der Waals surface area contributed by atoms with Crippen LogP contribution >= 0.6 is 0 Å². The summed E-state index contributed by atoms with van der Waals surface area (Å²) in [6, 6.07) is 5.40. The van der Waals surface area contributed by atoms with E-state index in [0.717, 1.165) is 37.8 Å². The highest BCUT2D eigenvalue weighted by Gasteiger charge is 2.20. The third kappa shape index (κ3) is 11.4. The number of nitrogens with two attached hydrogens (primary N) is 1. The molecule has 0 saturated carbocycles. The molecule has 1 saturated heterocycles. The number of hydrogen-bond donors (Lipinski definition) is 5. The van der Waals surface area contributed by atoms with Crippen LogP contribution in [0.1, 0.15) is 32.3 Å². The normalized spacial score (nSPS) is 14.7. The lowest BCUT2D eigenvalue weighted by atomic mass is 10.0. The first kappa shape index (κ1) is 26.8. The molecule has 0 radical (unpaired) electrons. The van der Waals surface area contributed by atoms with Crippen LogP contribution in [-0.2, 0) is 11.4 Å². The number of piperidine rings is 1. The zero-order chi connectivity index (χ0) is 22.1. The summed E-state index contributed by atoms with van der Waals surface area (Å²) in [5, 5.41) is 30.8. The number of carbonyl (C=O) groups excluding carboxylic acids is 1. The Balaban J connectivity index is 0.000000658. The minimum Gasteiger partial charge on any atom is -0.506 e. The third-order valence-electron chi connectivity index (χ3n) is 4.28. The number of hydrogen-bond acceptors (Lipinski definition) is 7. The monoisotopic (exact) mass is 407 g/mol. The minimum atomic E-state index is -0.0965. The van der Waals surface area contributed by atoms with Gasteiger partial charge in [0.2, 0.25) is 0 Å². The van der Waals surface area contributed by atoms with Gasteiger partial charge in [-0.2, -0.15) is 0 Å². The van der Waals surface area contributed by atoms with Crippen LogP contribution in [0.2, 0.25) is 0 Å². The first-order valence-electron chi connectivity index (χ1n) is 9.85. The van der Waals surface area contributed by atoms with Crippen LogP contribution in [0.4, 0.5) is 5.69 Å². The predicted octanol–water partition coefficient (Wildman–Crippen LogP) is 2.04. The van der Waals surface area contributed by atoms with E-state index in [2.05, 4.69) is 16.8 Å². The van der Waals surface area contributed by atoms with Gasteiger partial charge in [0.05, 0.1) is 25.4 Å². The molecule has 164 valence electrons. The summed E-state index contributed by atoms with van der Waals surface area (Å²) in [6.07, 6.45) is 6.32. The van der Waals surface area contributed by atoms with Gasteiger partial charge in [0.15, 0.2) is 0 Å². The van der Waals surface area contributed by atoms with E-state index in [1.54, 1.807) is 30.4 Å². The molecule has 2 rings (SSSR count). The van der Waals surface area contributed by atoms with Crippen molar-refractivity contribution in [2.45, 2.75) is 39.3 Å². The average molecular weight is 408 g/mol. The molecule has 7 nitrogen and oxygen atoms in total. The molecule has 6 N–H and O–H groups in total. The fraction of sp³-hybridized carbons (Fsp3) is 0.500. The Labute approximate surface area is 174 Å². The zero-order valence-electron chi connectivity index (χ0n) is 17.7. The summed E-state index contributed by atoms with van der Waals surface area (Å²) in [6.45, 7) is 9.87. The van der Waals surface area contributed by atoms with Gasteiger partial charge in [0.25, 0.3) is 0 Å². The van der Waals surface area contributed by atoms with Crippen LogP contribution in [-0.4, -0.2) is 65.3 Å². The number of aldehydes is 1. The molecule has 0 aliphatic carbocycles. The largest absolute Gasteiger partial charge is 0.506 e. The molecule has 0 spiro atoms. The molecule has 1 aliphatic heterocycles. The Bertz CT molecular complexity index is 612. The van der Waals surface area contributed by atoms with Crippen LogP contribution in [0.15, 0.2) is 42.5 Å². The van der Waals surface area contributed by atoms with Crippen LogP contribution < -0.4 is 11.1 Å². The molecular weight excluding hydrogens is 370 g/mol. The second kappa shape index (κ2) is 16.7. The third-order valence-corrected chi connectivity index (χ3v) is 4.28. The van der Waals surface area contributed by atoms with Gasteiger partial charge >= 0.3 is 0 Å². The first-order chi connectivity index (χ1) is 14.0. The Morgan fingerprint density at radius 2 is 1.97 bits per heavy atom. The summed E-state index contributed by atoms with van der Waals surface area (Å²) in [7, 11) is 0. The molecular formula is C22H37N3O4. The number of nitrogens with one attached hydrogen (secondary N) is 1. The van der Waals surface area contributed by atoms with Crippen molar-refractivity contribution in [2.24, 2.45) is 5.73 Å². The highest BCUT2D eigenvalue weighted by atomic mass is 16.3. The van der Waals surface area contributed by atoms with E-state index in [9.17, 15) is 15.0 Å². The molecule has 7 heteroatoms. The second-order valence-corrected chi connectivity index (χ2v) is 6.71. The molecule has 1 fully saturated rings. The van der Waals surface area contributed by atoms with E-state index in [1.165, 1.54) is 0 Å². The lowest BCUT2D eigenvalue weighted by Crippen LogP contribution is -2.40. The van der Waals surface area contributed by atoms with Gasteiger partial charge in [0.1, 0.15) is 12.0 Å². The molecule has 29 heavy (non-hydrogen) atoms. The van der Waals surface area contributed by atoms with Crippen molar-refractivity contribution in [2.75, 3.05) is 38.1 Å². The van der Waals surface area contributed by atoms with Crippen molar-refractivity contribution >= 4 is 12.0 Å². The van der Waals surface area contributed by atoms with Crippen LogP contribution in [0.5, 0.6) is 5.75 Å². The highest BCUT2D eigenvalue weighted by molar-refractivity contribution is 5.61. The molecule has 0 bridgehead atoms. The van der Waals surface area contributed by atoms with Crippen LogP contribution in [0.3, 0.4) is 0 Å². The number of allylic oxidation sites excluding steroid dienone is 1. The van der Waals surface area contributed by atoms with E-state index >= 15 is 0 Å². The Hall–Kier alpha value is -2.19. The number of aliphatic hydroxyl groups is 2. The van der Waals surface area contributed by atoms with Crippen molar-refractivity contribution in [3.8, 4) is 5.75 Å². The van der Waals surface area contributed by atoms with Gasteiger partial charge in [-0.25, -0.2) is 0 Å². The number of para-hydroxylation sites is 1.